The lowest BCUT2D eigenvalue weighted by molar-refractivity contribution is 0.288. The van der Waals surface area contributed by atoms with Crippen LogP contribution in [0.4, 0.5) is 0 Å². The molecule has 1 unspecified atom stereocenters. The highest BCUT2D eigenvalue weighted by atomic mass is 35.5. The molecule has 1 heterocycles. The van der Waals surface area contributed by atoms with E-state index in [0.29, 0.717) is 6.61 Å². The Kier molecular flexibility index (Phi) is 5.89. The Morgan fingerprint density at radius 1 is 1.35 bits per heavy atom. The van der Waals surface area contributed by atoms with E-state index in [4.69, 9.17) is 16.3 Å². The van der Waals surface area contributed by atoms with Crippen molar-refractivity contribution in [3.8, 4) is 5.75 Å². The minimum absolute atomic E-state index is 0.261. The van der Waals surface area contributed by atoms with Gasteiger partial charge < -0.3 is 10.1 Å². The summed E-state index contributed by atoms with van der Waals surface area (Å²) in [6.07, 6.45) is 0.905. The molecule has 1 atom stereocenters. The van der Waals surface area contributed by atoms with E-state index in [1.54, 1.807) is 11.3 Å². The second-order valence-electron chi connectivity index (χ2n) is 4.70. The van der Waals surface area contributed by atoms with Gasteiger partial charge >= 0.3 is 0 Å². The summed E-state index contributed by atoms with van der Waals surface area (Å²) in [5, 5.41) is 6.34. The average molecular weight is 310 g/mol. The number of aryl methyl sites for hydroxylation is 1. The van der Waals surface area contributed by atoms with Gasteiger partial charge in [-0.05, 0) is 42.6 Å². The Morgan fingerprint density at radius 2 is 2.20 bits per heavy atom. The van der Waals surface area contributed by atoms with Crippen molar-refractivity contribution in [2.45, 2.75) is 26.3 Å². The van der Waals surface area contributed by atoms with E-state index in [-0.39, 0.29) is 6.04 Å². The highest BCUT2D eigenvalue weighted by molar-refractivity contribution is 7.10. The maximum Gasteiger partial charge on any atom is 0.119 e. The molecule has 2 nitrogen and oxygen atoms in total. The van der Waals surface area contributed by atoms with Crippen LogP contribution in [0.2, 0.25) is 5.02 Å². The maximum absolute atomic E-state index is 6.22. The second kappa shape index (κ2) is 7.67. The summed E-state index contributed by atoms with van der Waals surface area (Å²) in [6, 6.07) is 10.3. The van der Waals surface area contributed by atoms with E-state index >= 15 is 0 Å². The van der Waals surface area contributed by atoms with Crippen LogP contribution in [0.15, 0.2) is 35.7 Å². The van der Waals surface area contributed by atoms with E-state index in [1.165, 1.54) is 10.4 Å². The number of hydrogen-bond acceptors (Lipinski definition) is 3. The van der Waals surface area contributed by atoms with Gasteiger partial charge in [-0.3, -0.25) is 0 Å². The summed E-state index contributed by atoms with van der Waals surface area (Å²) < 4.78 is 5.82. The third-order valence-electron chi connectivity index (χ3n) is 3.08. The average Bonchev–Trinajstić information content (AvgIpc) is 2.84. The molecule has 0 bridgehead atoms. The maximum atomic E-state index is 6.22. The third kappa shape index (κ3) is 4.23. The molecule has 0 aliphatic heterocycles. The molecule has 0 aliphatic carbocycles. The molecule has 1 N–H and O–H groups in total. The normalized spacial score (nSPS) is 12.3. The van der Waals surface area contributed by atoms with E-state index < -0.39 is 0 Å². The third-order valence-corrected chi connectivity index (χ3v) is 4.55. The van der Waals surface area contributed by atoms with E-state index in [1.807, 2.05) is 23.6 Å². The summed E-state index contributed by atoms with van der Waals surface area (Å²) in [6.45, 7) is 5.77. The van der Waals surface area contributed by atoms with Gasteiger partial charge in [-0.1, -0.05) is 30.7 Å². The molecule has 0 saturated carbocycles. The van der Waals surface area contributed by atoms with Gasteiger partial charge in [0.2, 0.25) is 0 Å². The molecular weight excluding hydrogens is 290 g/mol. The van der Waals surface area contributed by atoms with E-state index in [9.17, 15) is 0 Å². The van der Waals surface area contributed by atoms with Gasteiger partial charge in [0.05, 0.1) is 11.6 Å². The fourth-order valence-electron chi connectivity index (χ4n) is 2.13. The van der Waals surface area contributed by atoms with Crippen molar-refractivity contribution in [2.24, 2.45) is 0 Å². The Labute approximate surface area is 129 Å². The second-order valence-corrected chi connectivity index (χ2v) is 6.05. The van der Waals surface area contributed by atoms with Crippen LogP contribution in [-0.4, -0.2) is 13.2 Å². The zero-order valence-electron chi connectivity index (χ0n) is 11.9. The molecule has 0 saturated heterocycles. The van der Waals surface area contributed by atoms with E-state index in [0.717, 1.165) is 23.7 Å². The Morgan fingerprint density at radius 3 is 2.85 bits per heavy atom. The molecule has 0 aliphatic rings. The highest BCUT2D eigenvalue weighted by Gasteiger charge is 2.15. The number of thiophene rings is 1. The summed E-state index contributed by atoms with van der Waals surface area (Å²) in [5.41, 5.74) is 1.21. The van der Waals surface area contributed by atoms with Gasteiger partial charge in [0.1, 0.15) is 5.75 Å². The smallest absolute Gasteiger partial charge is 0.119 e. The SMILES string of the molecule is CCNC(CCOc1cccc(C)c1)c1sccc1Cl. The van der Waals surface area contributed by atoms with Gasteiger partial charge in [0.25, 0.3) is 0 Å². The fourth-order valence-corrected chi connectivity index (χ4v) is 3.43. The number of hydrogen-bond donors (Lipinski definition) is 1. The van der Waals surface area contributed by atoms with Crippen molar-refractivity contribution in [2.75, 3.05) is 13.2 Å². The van der Waals surface area contributed by atoms with Crippen molar-refractivity contribution in [3.63, 3.8) is 0 Å². The fraction of sp³-hybridized carbons (Fsp3) is 0.375. The number of benzene rings is 1. The van der Waals surface area contributed by atoms with Gasteiger partial charge in [-0.2, -0.15) is 0 Å². The number of halogens is 1. The monoisotopic (exact) mass is 309 g/mol. The molecule has 108 valence electrons. The van der Waals surface area contributed by atoms with Crippen molar-refractivity contribution >= 4 is 22.9 Å². The molecular formula is C16H20ClNOS. The van der Waals surface area contributed by atoms with Crippen LogP contribution in [0.5, 0.6) is 5.75 Å². The number of ether oxygens (including phenoxy) is 1. The molecule has 1 aromatic carbocycles. The predicted molar refractivity (Wildman–Crippen MR) is 87.0 cm³/mol. The molecule has 2 aromatic rings. The quantitative estimate of drug-likeness (QED) is 0.791. The molecule has 4 heteroatoms. The first kappa shape index (κ1) is 15.4. The zero-order chi connectivity index (χ0) is 14.4. The molecule has 20 heavy (non-hydrogen) atoms. The van der Waals surface area contributed by atoms with Crippen LogP contribution >= 0.6 is 22.9 Å². The highest BCUT2D eigenvalue weighted by Crippen LogP contribution is 2.30. The lowest BCUT2D eigenvalue weighted by atomic mass is 10.1. The van der Waals surface area contributed by atoms with Crippen molar-refractivity contribution in [3.05, 3.63) is 51.2 Å². The van der Waals surface area contributed by atoms with Crippen molar-refractivity contribution in [1.82, 2.24) is 5.32 Å². The van der Waals surface area contributed by atoms with Crippen molar-refractivity contribution < 1.29 is 4.74 Å². The first-order valence-corrected chi connectivity index (χ1v) is 8.12. The Bertz CT molecular complexity index is 541. The van der Waals surface area contributed by atoms with Crippen LogP contribution in [-0.2, 0) is 0 Å². The molecule has 2 rings (SSSR count). The number of rotatable bonds is 7. The van der Waals surface area contributed by atoms with Crippen LogP contribution < -0.4 is 10.1 Å². The molecule has 0 spiro atoms. The summed E-state index contributed by atoms with van der Waals surface area (Å²) in [7, 11) is 0. The van der Waals surface area contributed by atoms with Crippen LogP contribution in [0.1, 0.15) is 29.8 Å². The first-order valence-electron chi connectivity index (χ1n) is 6.86. The Balaban J connectivity index is 1.91. The molecule has 1 aromatic heterocycles. The topological polar surface area (TPSA) is 21.3 Å². The van der Waals surface area contributed by atoms with Crippen LogP contribution in [0.25, 0.3) is 0 Å². The molecule has 0 fully saturated rings. The van der Waals surface area contributed by atoms with Crippen LogP contribution in [0, 0.1) is 6.92 Å². The number of nitrogens with one attached hydrogen (secondary N) is 1. The summed E-state index contributed by atoms with van der Waals surface area (Å²) in [4.78, 5) is 1.20. The standard InChI is InChI=1S/C16H20ClNOS/c1-3-18-15(16-14(17)8-10-20-16)7-9-19-13-6-4-5-12(2)11-13/h4-6,8,10-11,15,18H,3,7,9H2,1-2H3. The van der Waals surface area contributed by atoms with Crippen molar-refractivity contribution in [1.29, 1.82) is 0 Å². The van der Waals surface area contributed by atoms with Gasteiger partial charge in [-0.25, -0.2) is 0 Å². The van der Waals surface area contributed by atoms with Crippen LogP contribution in [0.3, 0.4) is 0 Å². The molecule has 0 radical (unpaired) electrons. The van der Waals surface area contributed by atoms with Gasteiger partial charge in [0.15, 0.2) is 0 Å². The minimum atomic E-state index is 0.261. The summed E-state index contributed by atoms with van der Waals surface area (Å²) >= 11 is 7.91. The lowest BCUT2D eigenvalue weighted by Crippen LogP contribution is -2.22. The van der Waals surface area contributed by atoms with E-state index in [2.05, 4.69) is 31.3 Å². The largest absolute Gasteiger partial charge is 0.494 e. The van der Waals surface area contributed by atoms with Gasteiger partial charge in [-0.15, -0.1) is 11.3 Å². The summed E-state index contributed by atoms with van der Waals surface area (Å²) in [5.74, 6) is 0.928. The van der Waals surface area contributed by atoms with Gasteiger partial charge in [0, 0.05) is 17.3 Å². The minimum Gasteiger partial charge on any atom is -0.494 e. The lowest BCUT2D eigenvalue weighted by Gasteiger charge is -2.17. The first-order chi connectivity index (χ1) is 9.70. The molecule has 0 amide bonds. The predicted octanol–water partition coefficient (Wildman–Crippen LogP) is 4.83. The Hall–Kier alpha value is -1.03. The zero-order valence-corrected chi connectivity index (χ0v) is 13.4.